The monoisotopic (exact) mass is 326 g/mol. The molecule has 22 heavy (non-hydrogen) atoms. The molecule has 3 rings (SSSR count). The number of hydrogen-bond donors (Lipinski definition) is 0. The van der Waals surface area contributed by atoms with Crippen molar-refractivity contribution in [2.45, 2.75) is 45.6 Å². The van der Waals surface area contributed by atoms with Gasteiger partial charge in [-0.25, -0.2) is 13.4 Å². The zero-order valence-corrected chi connectivity index (χ0v) is 14.0. The van der Waals surface area contributed by atoms with Crippen LogP contribution in [0.15, 0.2) is 10.6 Å². The summed E-state index contributed by atoms with van der Waals surface area (Å²) in [6, 6.07) is -0.353. The Morgan fingerprint density at radius 2 is 2.05 bits per heavy atom. The first-order chi connectivity index (χ1) is 10.2. The molecule has 0 N–H and O–H groups in total. The van der Waals surface area contributed by atoms with Crippen LogP contribution in [0.5, 0.6) is 0 Å². The van der Waals surface area contributed by atoms with Gasteiger partial charge in [0, 0.05) is 12.5 Å². The van der Waals surface area contributed by atoms with Crippen LogP contribution in [0.1, 0.15) is 56.0 Å². The Hall–Kier alpha value is -1.37. The Bertz CT molecular complexity index is 683. The first-order valence-corrected chi connectivity index (χ1v) is 9.47. The van der Waals surface area contributed by atoms with Crippen LogP contribution in [0.25, 0.3) is 0 Å². The average molecular weight is 326 g/mol. The molecule has 0 bridgehead atoms. The van der Waals surface area contributed by atoms with E-state index in [2.05, 4.69) is 4.98 Å². The predicted octanol–water partition coefficient (Wildman–Crippen LogP) is 1.84. The highest BCUT2D eigenvalue weighted by Crippen LogP contribution is 2.39. The summed E-state index contributed by atoms with van der Waals surface area (Å²) in [6.07, 6.45) is 3.58. The molecule has 6 nitrogen and oxygen atoms in total. The van der Waals surface area contributed by atoms with Gasteiger partial charge in [0.1, 0.15) is 0 Å². The topological polar surface area (TPSA) is 80.5 Å². The summed E-state index contributed by atoms with van der Waals surface area (Å²) in [5.41, 5.74) is -0.317. The maximum Gasteiger partial charge on any atom is 0.291 e. The molecule has 0 aromatic carbocycles. The van der Waals surface area contributed by atoms with Crippen molar-refractivity contribution in [3.05, 3.63) is 17.8 Å². The van der Waals surface area contributed by atoms with Crippen molar-refractivity contribution in [3.63, 3.8) is 0 Å². The average Bonchev–Trinajstić information content (AvgIpc) is 3.14. The van der Waals surface area contributed by atoms with Crippen molar-refractivity contribution >= 4 is 15.7 Å². The van der Waals surface area contributed by atoms with Gasteiger partial charge in [0.05, 0.1) is 23.7 Å². The summed E-state index contributed by atoms with van der Waals surface area (Å²) in [7, 11) is -3.10. The van der Waals surface area contributed by atoms with Crippen LogP contribution in [0.3, 0.4) is 0 Å². The molecule has 0 radical (unpaired) electrons. The van der Waals surface area contributed by atoms with Crippen molar-refractivity contribution in [2.24, 2.45) is 5.41 Å². The van der Waals surface area contributed by atoms with Crippen LogP contribution >= 0.6 is 0 Å². The third-order valence-electron chi connectivity index (χ3n) is 4.35. The first-order valence-electron chi connectivity index (χ1n) is 7.64. The van der Waals surface area contributed by atoms with E-state index in [9.17, 15) is 13.2 Å². The van der Waals surface area contributed by atoms with Crippen LogP contribution < -0.4 is 0 Å². The van der Waals surface area contributed by atoms with E-state index in [1.807, 2.05) is 20.8 Å². The molecular formula is C15H22N2O4S. The lowest BCUT2D eigenvalue weighted by Gasteiger charge is -2.42. The maximum atomic E-state index is 12.7. The molecule has 0 spiro atoms. The van der Waals surface area contributed by atoms with Gasteiger partial charge in [-0.1, -0.05) is 20.8 Å². The lowest BCUT2D eigenvalue weighted by molar-refractivity contribution is 0.0529. The van der Waals surface area contributed by atoms with Gasteiger partial charge >= 0.3 is 0 Å². The lowest BCUT2D eigenvalue weighted by Crippen LogP contribution is -2.56. The van der Waals surface area contributed by atoms with Gasteiger partial charge in [0.25, 0.3) is 5.91 Å². The van der Waals surface area contributed by atoms with E-state index in [0.29, 0.717) is 11.8 Å². The largest absolute Gasteiger partial charge is 0.435 e. The van der Waals surface area contributed by atoms with Gasteiger partial charge in [-0.15, -0.1) is 0 Å². The highest BCUT2D eigenvalue weighted by molar-refractivity contribution is 7.91. The molecule has 1 amide bonds. The minimum atomic E-state index is -3.10. The molecule has 1 unspecified atom stereocenters. The van der Waals surface area contributed by atoms with E-state index >= 15 is 0 Å². The second-order valence-corrected chi connectivity index (χ2v) is 9.56. The Morgan fingerprint density at radius 3 is 2.64 bits per heavy atom. The van der Waals surface area contributed by atoms with Gasteiger partial charge < -0.3 is 9.32 Å². The van der Waals surface area contributed by atoms with E-state index in [0.717, 1.165) is 12.8 Å². The fraction of sp³-hybridized carbons (Fsp3) is 0.733. The fourth-order valence-electron chi connectivity index (χ4n) is 2.81. The van der Waals surface area contributed by atoms with Gasteiger partial charge in [-0.2, -0.15) is 0 Å². The number of carbonyl (C=O) groups excluding carboxylic acids is 1. The molecule has 1 atom stereocenters. The van der Waals surface area contributed by atoms with E-state index in [1.54, 1.807) is 4.90 Å². The number of amides is 1. The SMILES string of the molecule is CC(C)(C)C1CS(=O)(=O)CCN1C(=O)c1cnc(C2CC2)o1. The highest BCUT2D eigenvalue weighted by Gasteiger charge is 2.42. The molecule has 2 aliphatic rings. The molecule has 1 saturated carbocycles. The highest BCUT2D eigenvalue weighted by atomic mass is 32.2. The quantitative estimate of drug-likeness (QED) is 0.828. The van der Waals surface area contributed by atoms with Gasteiger partial charge in [-0.05, 0) is 18.3 Å². The number of nitrogens with zero attached hydrogens (tertiary/aromatic N) is 2. The molecule has 2 fully saturated rings. The minimum Gasteiger partial charge on any atom is -0.435 e. The smallest absolute Gasteiger partial charge is 0.291 e. The summed E-state index contributed by atoms with van der Waals surface area (Å²) < 4.78 is 29.5. The van der Waals surface area contributed by atoms with Gasteiger partial charge in [-0.3, -0.25) is 4.79 Å². The number of sulfone groups is 1. The molecule has 122 valence electrons. The van der Waals surface area contributed by atoms with E-state index in [-0.39, 0.29) is 41.2 Å². The third kappa shape index (κ3) is 3.04. The first kappa shape index (κ1) is 15.5. The Labute approximate surface area is 130 Å². The van der Waals surface area contributed by atoms with Crippen LogP contribution in [-0.4, -0.2) is 48.3 Å². The van der Waals surface area contributed by atoms with Crippen molar-refractivity contribution in [1.29, 1.82) is 0 Å². The molecular weight excluding hydrogens is 304 g/mol. The Balaban J connectivity index is 1.85. The van der Waals surface area contributed by atoms with Gasteiger partial charge in [0.2, 0.25) is 5.76 Å². The van der Waals surface area contributed by atoms with E-state index in [4.69, 9.17) is 4.42 Å². The second kappa shape index (κ2) is 5.08. The Kier molecular flexibility index (Phi) is 3.58. The number of oxazole rings is 1. The zero-order chi connectivity index (χ0) is 16.1. The summed E-state index contributed by atoms with van der Waals surface area (Å²) in [6.45, 7) is 6.07. The number of rotatable bonds is 2. The van der Waals surface area contributed by atoms with Crippen LogP contribution in [0.2, 0.25) is 0 Å². The van der Waals surface area contributed by atoms with E-state index < -0.39 is 9.84 Å². The van der Waals surface area contributed by atoms with Gasteiger partial charge in [0.15, 0.2) is 15.7 Å². The Morgan fingerprint density at radius 1 is 1.36 bits per heavy atom. The van der Waals surface area contributed by atoms with Crippen molar-refractivity contribution in [2.75, 3.05) is 18.1 Å². The normalized spacial score (nSPS) is 25.2. The molecule has 1 aromatic heterocycles. The summed E-state index contributed by atoms with van der Waals surface area (Å²) in [5, 5.41) is 0. The van der Waals surface area contributed by atoms with Crippen LogP contribution in [0.4, 0.5) is 0 Å². The molecule has 1 aliphatic heterocycles. The van der Waals surface area contributed by atoms with Crippen LogP contribution in [0, 0.1) is 5.41 Å². The zero-order valence-electron chi connectivity index (χ0n) is 13.2. The number of hydrogen-bond acceptors (Lipinski definition) is 5. The molecule has 1 aliphatic carbocycles. The molecule has 2 heterocycles. The molecule has 7 heteroatoms. The molecule has 1 aromatic rings. The number of carbonyl (C=O) groups is 1. The number of aromatic nitrogens is 1. The fourth-order valence-corrected chi connectivity index (χ4v) is 4.62. The summed E-state index contributed by atoms with van der Waals surface area (Å²) in [5.74, 6) is 0.951. The van der Waals surface area contributed by atoms with Crippen LogP contribution in [-0.2, 0) is 9.84 Å². The summed E-state index contributed by atoms with van der Waals surface area (Å²) >= 11 is 0. The predicted molar refractivity (Wildman–Crippen MR) is 81.4 cm³/mol. The summed E-state index contributed by atoms with van der Waals surface area (Å²) in [4.78, 5) is 18.5. The standard InChI is InChI=1S/C15H22N2O4S/c1-15(2,3)12-9-22(19,20)7-6-17(12)14(18)11-8-16-13(21-11)10-4-5-10/h8,10,12H,4-7,9H2,1-3H3. The third-order valence-corrected chi connectivity index (χ3v) is 5.98. The van der Waals surface area contributed by atoms with Crippen molar-refractivity contribution in [3.8, 4) is 0 Å². The molecule has 1 saturated heterocycles. The van der Waals surface area contributed by atoms with Crippen molar-refractivity contribution < 1.29 is 17.6 Å². The second-order valence-electron chi connectivity index (χ2n) is 7.33. The minimum absolute atomic E-state index is 0.00581. The maximum absolute atomic E-state index is 12.7. The van der Waals surface area contributed by atoms with Crippen molar-refractivity contribution in [1.82, 2.24) is 9.88 Å². The van der Waals surface area contributed by atoms with E-state index in [1.165, 1.54) is 6.20 Å². The lowest BCUT2D eigenvalue weighted by atomic mass is 9.86.